The zero-order chi connectivity index (χ0) is 28.5. The molecule has 38 heavy (non-hydrogen) atoms. The maximum absolute atomic E-state index is 12.7. The van der Waals surface area contributed by atoms with E-state index < -0.39 is 0 Å². The molecule has 3 heteroatoms. The molecule has 3 unspecified atom stereocenters. The number of aryl methyl sites for hydroxylation is 2. The summed E-state index contributed by atoms with van der Waals surface area (Å²) in [6, 6.07) is 16.7. The van der Waals surface area contributed by atoms with Gasteiger partial charge in [-0.15, -0.1) is 0 Å². The topological polar surface area (TPSA) is 51.2 Å². The van der Waals surface area contributed by atoms with E-state index in [2.05, 4.69) is 64.1 Å². The standard InChI is InChI=1S/C23H32O3.C9H12.C3H8/c1-5-8-18(20(6-2)21(25)11-16(4)24)12-17-13-19-10-7-9-15(3)23(19)22(26)14-17;1-2-6-9-7-4-3-5-8-9;1-3-2/h7,9-10,17-18,20H,5-6,8,11-14H2,1-4H3;3-5,7-8H,2,6H2,1H3;3H2,1-2H3. The highest BCUT2D eigenvalue weighted by Gasteiger charge is 2.32. The molecule has 0 amide bonds. The Hall–Kier alpha value is -2.55. The van der Waals surface area contributed by atoms with Gasteiger partial charge in [0.25, 0.3) is 0 Å². The Kier molecular flexibility index (Phi) is 16.4. The van der Waals surface area contributed by atoms with Crippen LogP contribution in [0.1, 0.15) is 120 Å². The lowest BCUT2D eigenvalue weighted by molar-refractivity contribution is -0.129. The van der Waals surface area contributed by atoms with E-state index in [1.54, 1.807) is 0 Å². The maximum Gasteiger partial charge on any atom is 0.163 e. The number of ketones is 3. The van der Waals surface area contributed by atoms with E-state index in [0.29, 0.717) is 12.3 Å². The molecule has 0 saturated heterocycles. The van der Waals surface area contributed by atoms with Crippen LogP contribution >= 0.6 is 0 Å². The Labute approximate surface area is 232 Å². The largest absolute Gasteiger partial charge is 0.300 e. The number of carbonyl (C=O) groups is 3. The van der Waals surface area contributed by atoms with Gasteiger partial charge in [-0.3, -0.25) is 14.4 Å². The fraction of sp³-hybridized carbons (Fsp3) is 0.571. The van der Waals surface area contributed by atoms with Gasteiger partial charge in [-0.25, -0.2) is 0 Å². The smallest absolute Gasteiger partial charge is 0.163 e. The minimum Gasteiger partial charge on any atom is -0.300 e. The third kappa shape index (κ3) is 11.5. The van der Waals surface area contributed by atoms with Crippen LogP contribution in [0.5, 0.6) is 0 Å². The summed E-state index contributed by atoms with van der Waals surface area (Å²) in [6.45, 7) is 14.1. The van der Waals surface area contributed by atoms with Crippen molar-refractivity contribution >= 4 is 17.3 Å². The molecule has 0 saturated carbocycles. The molecule has 0 bridgehead atoms. The number of hydrogen-bond acceptors (Lipinski definition) is 3. The van der Waals surface area contributed by atoms with Crippen LogP contribution in [0, 0.1) is 24.7 Å². The average Bonchev–Trinajstić information content (AvgIpc) is 2.86. The van der Waals surface area contributed by atoms with E-state index in [4.69, 9.17) is 0 Å². The molecular formula is C35H52O3. The molecule has 3 atom stereocenters. The third-order valence-corrected chi connectivity index (χ3v) is 7.14. The van der Waals surface area contributed by atoms with E-state index in [-0.39, 0.29) is 35.6 Å². The molecule has 1 aliphatic carbocycles. The highest BCUT2D eigenvalue weighted by molar-refractivity contribution is 6.00. The summed E-state index contributed by atoms with van der Waals surface area (Å²) in [5.74, 6) is 0.770. The van der Waals surface area contributed by atoms with Crippen LogP contribution in [-0.2, 0) is 22.4 Å². The van der Waals surface area contributed by atoms with E-state index in [1.165, 1.54) is 31.7 Å². The van der Waals surface area contributed by atoms with E-state index >= 15 is 0 Å². The maximum atomic E-state index is 12.7. The van der Waals surface area contributed by atoms with Crippen molar-refractivity contribution in [3.8, 4) is 0 Å². The fourth-order valence-corrected chi connectivity index (χ4v) is 5.63. The van der Waals surface area contributed by atoms with Gasteiger partial charge in [-0.2, -0.15) is 0 Å². The van der Waals surface area contributed by atoms with Gasteiger partial charge in [0, 0.05) is 17.9 Å². The molecule has 2 aromatic rings. The number of benzene rings is 2. The van der Waals surface area contributed by atoms with Crippen molar-refractivity contribution in [1.29, 1.82) is 0 Å². The SMILES string of the molecule is CCC.CCCC(CC1CC(=O)c2c(C)cccc2C1)C(CC)C(=O)CC(C)=O.CCCc1ccccc1. The lowest BCUT2D eigenvalue weighted by Gasteiger charge is -2.31. The Morgan fingerprint density at radius 1 is 0.895 bits per heavy atom. The van der Waals surface area contributed by atoms with Crippen molar-refractivity contribution in [2.45, 2.75) is 113 Å². The Bertz CT molecular complexity index is 976. The summed E-state index contributed by atoms with van der Waals surface area (Å²) in [7, 11) is 0. The minimum absolute atomic E-state index is 0.0460. The Morgan fingerprint density at radius 2 is 1.55 bits per heavy atom. The molecule has 3 nitrogen and oxygen atoms in total. The highest BCUT2D eigenvalue weighted by Crippen LogP contribution is 2.36. The predicted octanol–water partition coefficient (Wildman–Crippen LogP) is 9.18. The molecule has 3 rings (SSSR count). The number of hydrogen-bond donors (Lipinski definition) is 0. The van der Waals surface area contributed by atoms with Gasteiger partial charge in [0.1, 0.15) is 11.6 Å². The zero-order valence-corrected chi connectivity index (χ0v) is 25.1. The molecule has 2 aromatic carbocycles. The number of fused-ring (bicyclic) bond motifs is 1. The lowest BCUT2D eigenvalue weighted by atomic mass is 9.72. The van der Waals surface area contributed by atoms with Gasteiger partial charge in [0.15, 0.2) is 5.78 Å². The van der Waals surface area contributed by atoms with Crippen LogP contribution in [-0.4, -0.2) is 17.3 Å². The van der Waals surface area contributed by atoms with Gasteiger partial charge in [0.05, 0.1) is 6.42 Å². The molecule has 0 aromatic heterocycles. The number of Topliss-reactive ketones (excluding diaryl/α,β-unsaturated/α-hetero) is 3. The van der Waals surface area contributed by atoms with Crippen molar-refractivity contribution in [1.82, 2.24) is 0 Å². The second kappa shape index (κ2) is 18.7. The summed E-state index contributed by atoms with van der Waals surface area (Å²) in [6.07, 6.45) is 8.91. The predicted molar refractivity (Wildman–Crippen MR) is 161 cm³/mol. The molecule has 0 N–H and O–H groups in total. The van der Waals surface area contributed by atoms with Crippen LogP contribution < -0.4 is 0 Å². The first-order valence-corrected chi connectivity index (χ1v) is 14.9. The molecule has 0 fully saturated rings. The summed E-state index contributed by atoms with van der Waals surface area (Å²) >= 11 is 0. The molecule has 0 spiro atoms. The van der Waals surface area contributed by atoms with Gasteiger partial charge in [-0.05, 0) is 68.1 Å². The van der Waals surface area contributed by atoms with Gasteiger partial charge in [0.2, 0.25) is 0 Å². The Balaban J connectivity index is 0.000000497. The van der Waals surface area contributed by atoms with Crippen LogP contribution in [0.15, 0.2) is 48.5 Å². The van der Waals surface area contributed by atoms with Crippen LogP contribution in [0.25, 0.3) is 0 Å². The summed E-state index contributed by atoms with van der Waals surface area (Å²) in [5, 5.41) is 0. The van der Waals surface area contributed by atoms with Crippen molar-refractivity contribution in [2.75, 3.05) is 0 Å². The van der Waals surface area contributed by atoms with Crippen molar-refractivity contribution in [3.63, 3.8) is 0 Å². The monoisotopic (exact) mass is 520 g/mol. The zero-order valence-electron chi connectivity index (χ0n) is 25.1. The second-order valence-electron chi connectivity index (χ2n) is 10.9. The second-order valence-corrected chi connectivity index (χ2v) is 10.9. The van der Waals surface area contributed by atoms with E-state index in [1.807, 2.05) is 26.0 Å². The molecule has 0 heterocycles. The van der Waals surface area contributed by atoms with Crippen molar-refractivity contribution in [2.24, 2.45) is 17.8 Å². The van der Waals surface area contributed by atoms with Gasteiger partial charge >= 0.3 is 0 Å². The number of carbonyl (C=O) groups excluding carboxylic acids is 3. The van der Waals surface area contributed by atoms with E-state index in [9.17, 15) is 14.4 Å². The van der Waals surface area contributed by atoms with Crippen LogP contribution in [0.4, 0.5) is 0 Å². The molecule has 210 valence electrons. The first-order chi connectivity index (χ1) is 18.2. The minimum atomic E-state index is -0.0622. The summed E-state index contributed by atoms with van der Waals surface area (Å²) in [5.41, 5.74) is 4.58. The average molecular weight is 521 g/mol. The van der Waals surface area contributed by atoms with Gasteiger partial charge < -0.3 is 0 Å². The highest BCUT2D eigenvalue weighted by atomic mass is 16.1. The third-order valence-electron chi connectivity index (χ3n) is 7.14. The fourth-order valence-electron chi connectivity index (χ4n) is 5.63. The van der Waals surface area contributed by atoms with Crippen molar-refractivity contribution in [3.05, 3.63) is 70.8 Å². The quantitative estimate of drug-likeness (QED) is 0.277. The molecule has 1 aliphatic rings. The summed E-state index contributed by atoms with van der Waals surface area (Å²) in [4.78, 5) is 36.6. The summed E-state index contributed by atoms with van der Waals surface area (Å²) < 4.78 is 0. The first kappa shape index (κ1) is 33.5. The Morgan fingerprint density at radius 3 is 2.11 bits per heavy atom. The van der Waals surface area contributed by atoms with Crippen LogP contribution in [0.3, 0.4) is 0 Å². The number of rotatable bonds is 11. The molecule has 0 aliphatic heterocycles. The van der Waals surface area contributed by atoms with Crippen molar-refractivity contribution < 1.29 is 14.4 Å². The lowest BCUT2D eigenvalue weighted by Crippen LogP contribution is -2.29. The van der Waals surface area contributed by atoms with Gasteiger partial charge in [-0.1, -0.05) is 109 Å². The van der Waals surface area contributed by atoms with Crippen LogP contribution in [0.2, 0.25) is 0 Å². The molecule has 0 radical (unpaired) electrons. The molecular weight excluding hydrogens is 468 g/mol. The normalized spacial score (nSPS) is 15.7. The first-order valence-electron chi connectivity index (χ1n) is 14.9. The van der Waals surface area contributed by atoms with E-state index in [0.717, 1.165) is 48.8 Å².